The molecular weight excluding hydrogens is 295 g/mol. The quantitative estimate of drug-likeness (QED) is 0.822. The van der Waals surface area contributed by atoms with Crippen molar-refractivity contribution in [2.24, 2.45) is 5.92 Å². The molecule has 0 radical (unpaired) electrons. The second-order valence-electron chi connectivity index (χ2n) is 4.73. The molecule has 2 rings (SSSR count). The van der Waals surface area contributed by atoms with E-state index in [4.69, 9.17) is 5.26 Å². The third kappa shape index (κ3) is 2.51. The summed E-state index contributed by atoms with van der Waals surface area (Å²) in [6.45, 7) is 3.98. The molecule has 0 N–H and O–H groups in total. The van der Waals surface area contributed by atoms with Gasteiger partial charge in [-0.1, -0.05) is 13.3 Å². The molecule has 0 saturated carbocycles. The van der Waals surface area contributed by atoms with Gasteiger partial charge in [0.2, 0.25) is 0 Å². The number of hydrogen-bond acceptors (Lipinski definition) is 2. The smallest absolute Gasteiger partial charge is 0.161 e. The first-order chi connectivity index (χ1) is 8.67. The van der Waals surface area contributed by atoms with Gasteiger partial charge in [-0.15, -0.1) is 0 Å². The molecule has 1 unspecified atom stereocenters. The molecule has 1 aromatic rings. The van der Waals surface area contributed by atoms with E-state index >= 15 is 0 Å². The van der Waals surface area contributed by atoms with Crippen LogP contribution in [0.2, 0.25) is 0 Å². The standard InChI is InChI=1S/C14H16BrFN2/c1-2-10-4-3-7-18(9-10)12-6-5-11(8-17)13(15)14(12)16/h5-6,10H,2-4,7,9H2,1H3. The number of hydrogen-bond donors (Lipinski definition) is 0. The molecule has 0 bridgehead atoms. The van der Waals surface area contributed by atoms with Gasteiger partial charge < -0.3 is 4.90 Å². The first-order valence-corrected chi connectivity index (χ1v) is 7.09. The molecule has 1 aliphatic rings. The second kappa shape index (κ2) is 5.71. The zero-order valence-corrected chi connectivity index (χ0v) is 12.0. The first kappa shape index (κ1) is 13.4. The molecule has 0 aromatic heterocycles. The monoisotopic (exact) mass is 310 g/mol. The topological polar surface area (TPSA) is 27.0 Å². The van der Waals surface area contributed by atoms with Gasteiger partial charge in [-0.2, -0.15) is 5.26 Å². The van der Waals surface area contributed by atoms with E-state index < -0.39 is 0 Å². The van der Waals surface area contributed by atoms with Crippen molar-refractivity contribution < 1.29 is 4.39 Å². The van der Waals surface area contributed by atoms with Gasteiger partial charge in [0.15, 0.2) is 5.82 Å². The summed E-state index contributed by atoms with van der Waals surface area (Å²) in [7, 11) is 0. The van der Waals surface area contributed by atoms with E-state index in [-0.39, 0.29) is 10.3 Å². The van der Waals surface area contributed by atoms with Crippen LogP contribution in [-0.4, -0.2) is 13.1 Å². The fourth-order valence-electron chi connectivity index (χ4n) is 2.49. The lowest BCUT2D eigenvalue weighted by Gasteiger charge is -2.34. The molecule has 4 heteroatoms. The highest BCUT2D eigenvalue weighted by molar-refractivity contribution is 9.10. The zero-order valence-electron chi connectivity index (χ0n) is 10.4. The summed E-state index contributed by atoms with van der Waals surface area (Å²) in [5.41, 5.74) is 0.958. The Morgan fingerprint density at radius 3 is 3.00 bits per heavy atom. The second-order valence-corrected chi connectivity index (χ2v) is 5.53. The number of nitriles is 1. The maximum atomic E-state index is 14.2. The van der Waals surface area contributed by atoms with E-state index in [9.17, 15) is 4.39 Å². The molecule has 1 heterocycles. The van der Waals surface area contributed by atoms with Crippen LogP contribution in [0.25, 0.3) is 0 Å². The highest BCUT2D eigenvalue weighted by atomic mass is 79.9. The van der Waals surface area contributed by atoms with Crippen LogP contribution in [0.3, 0.4) is 0 Å². The molecule has 0 aliphatic carbocycles. The molecule has 0 amide bonds. The Labute approximate surface area is 116 Å². The average molecular weight is 311 g/mol. The molecule has 1 aliphatic heterocycles. The maximum Gasteiger partial charge on any atom is 0.161 e. The van der Waals surface area contributed by atoms with E-state index in [1.54, 1.807) is 12.1 Å². The van der Waals surface area contributed by atoms with E-state index in [1.165, 1.54) is 6.42 Å². The molecule has 1 aromatic carbocycles. The molecule has 1 fully saturated rings. The van der Waals surface area contributed by atoms with Gasteiger partial charge in [0, 0.05) is 13.1 Å². The number of rotatable bonds is 2. The Hall–Kier alpha value is -1.08. The molecule has 0 spiro atoms. The van der Waals surface area contributed by atoms with E-state index in [0.717, 1.165) is 25.9 Å². The summed E-state index contributed by atoms with van der Waals surface area (Å²) in [5.74, 6) is 0.332. The van der Waals surface area contributed by atoms with Crippen LogP contribution in [0.4, 0.5) is 10.1 Å². The highest BCUT2D eigenvalue weighted by Crippen LogP contribution is 2.32. The van der Waals surface area contributed by atoms with Crippen LogP contribution in [0.15, 0.2) is 16.6 Å². The lowest BCUT2D eigenvalue weighted by Crippen LogP contribution is -2.35. The van der Waals surface area contributed by atoms with Crippen LogP contribution in [0, 0.1) is 23.1 Å². The SMILES string of the molecule is CCC1CCCN(c2ccc(C#N)c(Br)c2F)C1. The third-order valence-corrected chi connectivity index (χ3v) is 4.39. The Morgan fingerprint density at radius 2 is 2.33 bits per heavy atom. The summed E-state index contributed by atoms with van der Waals surface area (Å²) in [6, 6.07) is 5.38. The van der Waals surface area contributed by atoms with Crippen LogP contribution < -0.4 is 4.90 Å². The largest absolute Gasteiger partial charge is 0.369 e. The van der Waals surface area contributed by atoms with Crippen molar-refractivity contribution in [2.75, 3.05) is 18.0 Å². The molecule has 96 valence electrons. The summed E-state index contributed by atoms with van der Waals surface area (Å²) >= 11 is 3.17. The Bertz CT molecular complexity index is 481. The van der Waals surface area contributed by atoms with Gasteiger partial charge in [0.1, 0.15) is 6.07 Å². The van der Waals surface area contributed by atoms with Crippen molar-refractivity contribution >= 4 is 21.6 Å². The number of halogens is 2. The fourth-order valence-corrected chi connectivity index (χ4v) is 2.91. The van der Waals surface area contributed by atoms with Crippen LogP contribution in [-0.2, 0) is 0 Å². The van der Waals surface area contributed by atoms with Crippen molar-refractivity contribution in [3.8, 4) is 6.07 Å². The van der Waals surface area contributed by atoms with Gasteiger partial charge in [0.05, 0.1) is 15.7 Å². The molecule has 1 atom stereocenters. The van der Waals surface area contributed by atoms with Crippen molar-refractivity contribution in [1.82, 2.24) is 0 Å². The Balaban J connectivity index is 2.29. The minimum Gasteiger partial charge on any atom is -0.369 e. The van der Waals surface area contributed by atoms with Crippen LogP contribution in [0.1, 0.15) is 31.7 Å². The minimum atomic E-state index is -0.314. The molecular formula is C14H16BrFN2. The predicted molar refractivity (Wildman–Crippen MR) is 74.0 cm³/mol. The van der Waals surface area contributed by atoms with Gasteiger partial charge in [0.25, 0.3) is 0 Å². The lowest BCUT2D eigenvalue weighted by atomic mass is 9.95. The van der Waals surface area contributed by atoms with E-state index in [0.29, 0.717) is 17.2 Å². The third-order valence-electron chi connectivity index (χ3n) is 3.62. The van der Waals surface area contributed by atoms with Crippen molar-refractivity contribution in [3.05, 3.63) is 28.0 Å². The summed E-state index contributed by atoms with van der Waals surface area (Å²) < 4.78 is 14.5. The van der Waals surface area contributed by atoms with E-state index in [1.807, 2.05) is 6.07 Å². The molecule has 1 saturated heterocycles. The fraction of sp³-hybridized carbons (Fsp3) is 0.500. The van der Waals surface area contributed by atoms with Crippen molar-refractivity contribution in [1.29, 1.82) is 5.26 Å². The predicted octanol–water partition coefficient (Wildman–Crippen LogP) is 4.09. The molecule has 18 heavy (non-hydrogen) atoms. The minimum absolute atomic E-state index is 0.279. The summed E-state index contributed by atoms with van der Waals surface area (Å²) in [5, 5.41) is 8.86. The number of piperidine rings is 1. The van der Waals surface area contributed by atoms with Gasteiger partial charge in [-0.05, 0) is 46.8 Å². The van der Waals surface area contributed by atoms with E-state index in [2.05, 4.69) is 27.8 Å². The van der Waals surface area contributed by atoms with Crippen LogP contribution >= 0.6 is 15.9 Å². The molecule has 2 nitrogen and oxygen atoms in total. The number of benzene rings is 1. The van der Waals surface area contributed by atoms with Gasteiger partial charge in [-0.25, -0.2) is 4.39 Å². The van der Waals surface area contributed by atoms with Gasteiger partial charge in [-0.3, -0.25) is 0 Å². The Kier molecular flexibility index (Phi) is 4.23. The lowest BCUT2D eigenvalue weighted by molar-refractivity contribution is 0.401. The average Bonchev–Trinajstić information content (AvgIpc) is 2.42. The van der Waals surface area contributed by atoms with Gasteiger partial charge >= 0.3 is 0 Å². The number of nitrogens with zero attached hydrogens (tertiary/aromatic N) is 2. The van der Waals surface area contributed by atoms with Crippen molar-refractivity contribution in [3.63, 3.8) is 0 Å². The maximum absolute atomic E-state index is 14.2. The van der Waals surface area contributed by atoms with Crippen molar-refractivity contribution in [2.45, 2.75) is 26.2 Å². The highest BCUT2D eigenvalue weighted by Gasteiger charge is 2.22. The zero-order chi connectivity index (χ0) is 13.1. The normalized spacial score (nSPS) is 19.7. The number of anilines is 1. The van der Waals surface area contributed by atoms with Crippen LogP contribution in [0.5, 0.6) is 0 Å². The summed E-state index contributed by atoms with van der Waals surface area (Å²) in [4.78, 5) is 2.10. The first-order valence-electron chi connectivity index (χ1n) is 6.30. The summed E-state index contributed by atoms with van der Waals surface area (Å²) in [6.07, 6.45) is 3.47. The Morgan fingerprint density at radius 1 is 1.56 bits per heavy atom.